The van der Waals surface area contributed by atoms with Gasteiger partial charge < -0.3 is 20.1 Å². The van der Waals surface area contributed by atoms with Gasteiger partial charge in [-0.05, 0) is 36.4 Å². The average Bonchev–Trinajstić information content (AvgIpc) is 2.73. The Morgan fingerprint density at radius 3 is 2.62 bits per heavy atom. The Morgan fingerprint density at radius 1 is 1.17 bits per heavy atom. The van der Waals surface area contributed by atoms with Crippen molar-refractivity contribution in [3.05, 3.63) is 46.9 Å². The molecule has 8 nitrogen and oxygen atoms in total. The first-order valence-electron chi connectivity index (χ1n) is 8.95. The van der Waals surface area contributed by atoms with Crippen molar-refractivity contribution in [2.75, 3.05) is 50.6 Å². The first kappa shape index (κ1) is 21.6. The van der Waals surface area contributed by atoms with Crippen molar-refractivity contribution in [1.82, 2.24) is 4.31 Å². The van der Waals surface area contributed by atoms with Crippen LogP contribution in [0.4, 0.5) is 11.4 Å². The van der Waals surface area contributed by atoms with Gasteiger partial charge in [0, 0.05) is 28.9 Å². The van der Waals surface area contributed by atoms with E-state index in [0.717, 1.165) is 10.2 Å². The molecule has 2 aromatic carbocycles. The van der Waals surface area contributed by atoms with Gasteiger partial charge in [-0.2, -0.15) is 4.31 Å². The van der Waals surface area contributed by atoms with Crippen LogP contribution in [-0.2, 0) is 19.6 Å². The third kappa shape index (κ3) is 5.47. The van der Waals surface area contributed by atoms with E-state index in [2.05, 4.69) is 26.6 Å². The SMILES string of the molecule is COc1ccc(NC(=O)CNc2cccc(Br)c2)cc1S(=O)(=O)N1CCOCC1. The fourth-order valence-electron chi connectivity index (χ4n) is 2.87. The van der Waals surface area contributed by atoms with E-state index in [9.17, 15) is 13.2 Å². The number of rotatable bonds is 7. The number of anilines is 2. The number of methoxy groups -OCH3 is 1. The summed E-state index contributed by atoms with van der Waals surface area (Å²) in [5, 5.41) is 5.73. The molecule has 0 bridgehead atoms. The van der Waals surface area contributed by atoms with E-state index in [4.69, 9.17) is 9.47 Å². The number of nitrogens with zero attached hydrogens (tertiary/aromatic N) is 1. The van der Waals surface area contributed by atoms with Crippen LogP contribution in [0.25, 0.3) is 0 Å². The summed E-state index contributed by atoms with van der Waals surface area (Å²) in [6.07, 6.45) is 0. The van der Waals surface area contributed by atoms with E-state index in [1.165, 1.54) is 23.5 Å². The molecule has 1 fully saturated rings. The fraction of sp³-hybridized carbons (Fsp3) is 0.316. The number of hydrogen-bond acceptors (Lipinski definition) is 6. The van der Waals surface area contributed by atoms with Crippen LogP contribution >= 0.6 is 15.9 Å². The minimum Gasteiger partial charge on any atom is -0.495 e. The van der Waals surface area contributed by atoms with Crippen LogP contribution in [0, 0.1) is 0 Å². The Bertz CT molecular complexity index is 978. The van der Waals surface area contributed by atoms with E-state index in [0.29, 0.717) is 18.9 Å². The Morgan fingerprint density at radius 2 is 1.93 bits per heavy atom. The van der Waals surface area contributed by atoms with Gasteiger partial charge in [0.15, 0.2) is 0 Å². The quantitative estimate of drug-likeness (QED) is 0.627. The second kappa shape index (κ2) is 9.57. The van der Waals surface area contributed by atoms with Gasteiger partial charge in [0.1, 0.15) is 10.6 Å². The zero-order valence-corrected chi connectivity index (χ0v) is 18.3. The molecular formula is C19H22BrN3O5S. The number of benzene rings is 2. The first-order valence-corrected chi connectivity index (χ1v) is 11.2. The highest BCUT2D eigenvalue weighted by Crippen LogP contribution is 2.30. The maximum Gasteiger partial charge on any atom is 0.246 e. The lowest BCUT2D eigenvalue weighted by atomic mass is 10.3. The predicted molar refractivity (Wildman–Crippen MR) is 114 cm³/mol. The predicted octanol–water partition coefficient (Wildman–Crippen LogP) is 2.53. The van der Waals surface area contributed by atoms with E-state index in [1.807, 2.05) is 24.3 Å². The first-order chi connectivity index (χ1) is 13.9. The van der Waals surface area contributed by atoms with Gasteiger partial charge in [-0.25, -0.2) is 8.42 Å². The summed E-state index contributed by atoms with van der Waals surface area (Å²) < 4.78 is 38.7. The van der Waals surface area contributed by atoms with Crippen LogP contribution in [-0.4, -0.2) is 58.6 Å². The number of morpholine rings is 1. The lowest BCUT2D eigenvalue weighted by molar-refractivity contribution is -0.114. The zero-order valence-electron chi connectivity index (χ0n) is 15.9. The maximum absolute atomic E-state index is 13.0. The normalized spacial score (nSPS) is 15.0. The third-order valence-electron chi connectivity index (χ3n) is 4.31. The molecule has 0 aliphatic carbocycles. The van der Waals surface area contributed by atoms with Gasteiger partial charge in [-0.1, -0.05) is 22.0 Å². The Hall–Kier alpha value is -2.14. The molecule has 29 heavy (non-hydrogen) atoms. The number of hydrogen-bond donors (Lipinski definition) is 2. The van der Waals surface area contributed by atoms with Crippen molar-refractivity contribution in [1.29, 1.82) is 0 Å². The molecule has 1 heterocycles. The second-order valence-corrected chi connectivity index (χ2v) is 9.12. The minimum atomic E-state index is -3.77. The summed E-state index contributed by atoms with van der Waals surface area (Å²) in [6.45, 7) is 1.28. The smallest absolute Gasteiger partial charge is 0.246 e. The van der Waals surface area contributed by atoms with Crippen molar-refractivity contribution in [2.24, 2.45) is 0 Å². The van der Waals surface area contributed by atoms with Crippen LogP contribution < -0.4 is 15.4 Å². The second-order valence-electron chi connectivity index (χ2n) is 6.29. The molecule has 0 atom stereocenters. The van der Waals surface area contributed by atoms with Crippen molar-refractivity contribution >= 4 is 43.2 Å². The van der Waals surface area contributed by atoms with Crippen molar-refractivity contribution < 1.29 is 22.7 Å². The fourth-order valence-corrected chi connectivity index (χ4v) is 4.86. The van der Waals surface area contributed by atoms with Crippen LogP contribution in [0.1, 0.15) is 0 Å². The Balaban J connectivity index is 1.73. The number of amides is 1. The summed E-state index contributed by atoms with van der Waals surface area (Å²) in [5.74, 6) is -0.0772. The topological polar surface area (TPSA) is 97.0 Å². The number of carbonyl (C=O) groups is 1. The molecule has 1 aliphatic rings. The molecule has 1 saturated heterocycles. The van der Waals surface area contributed by atoms with Gasteiger partial charge in [0.2, 0.25) is 15.9 Å². The van der Waals surface area contributed by atoms with Crippen LogP contribution in [0.15, 0.2) is 51.8 Å². The number of sulfonamides is 1. The van der Waals surface area contributed by atoms with E-state index in [-0.39, 0.29) is 36.2 Å². The van der Waals surface area contributed by atoms with Crippen LogP contribution in [0.3, 0.4) is 0 Å². The van der Waals surface area contributed by atoms with Crippen molar-refractivity contribution in [2.45, 2.75) is 4.90 Å². The number of ether oxygens (including phenoxy) is 2. The third-order valence-corrected chi connectivity index (χ3v) is 6.73. The molecule has 1 amide bonds. The Labute approximate surface area is 178 Å². The average molecular weight is 484 g/mol. The van der Waals surface area contributed by atoms with Crippen LogP contribution in [0.2, 0.25) is 0 Å². The summed E-state index contributed by atoms with van der Waals surface area (Å²) >= 11 is 3.37. The zero-order chi connectivity index (χ0) is 20.9. The van der Waals surface area contributed by atoms with Gasteiger partial charge in [-0.15, -0.1) is 0 Å². The van der Waals surface area contributed by atoms with E-state index >= 15 is 0 Å². The number of carbonyl (C=O) groups excluding carboxylic acids is 1. The van der Waals surface area contributed by atoms with Crippen molar-refractivity contribution in [3.63, 3.8) is 0 Å². The highest BCUT2D eigenvalue weighted by Gasteiger charge is 2.29. The standard InChI is InChI=1S/C19H22BrN3O5S/c1-27-17-6-5-16(12-18(17)29(25,26)23-7-9-28-10-8-23)22-19(24)13-21-15-4-2-3-14(20)11-15/h2-6,11-12,21H,7-10,13H2,1H3,(H,22,24). The molecule has 1 aliphatic heterocycles. The summed E-state index contributed by atoms with van der Waals surface area (Å²) in [5.41, 5.74) is 1.17. The lowest BCUT2D eigenvalue weighted by Gasteiger charge is -2.26. The summed E-state index contributed by atoms with van der Waals surface area (Å²) in [7, 11) is -2.36. The molecule has 156 valence electrons. The van der Waals surface area contributed by atoms with Gasteiger partial charge in [0.25, 0.3) is 0 Å². The molecule has 0 radical (unpaired) electrons. The van der Waals surface area contributed by atoms with Crippen molar-refractivity contribution in [3.8, 4) is 5.75 Å². The van der Waals surface area contributed by atoms with E-state index in [1.54, 1.807) is 6.07 Å². The molecule has 3 rings (SSSR count). The lowest BCUT2D eigenvalue weighted by Crippen LogP contribution is -2.40. The summed E-state index contributed by atoms with van der Waals surface area (Å²) in [4.78, 5) is 12.3. The highest BCUT2D eigenvalue weighted by molar-refractivity contribution is 9.10. The van der Waals surface area contributed by atoms with Crippen LogP contribution in [0.5, 0.6) is 5.75 Å². The largest absolute Gasteiger partial charge is 0.495 e. The number of nitrogens with one attached hydrogen (secondary N) is 2. The monoisotopic (exact) mass is 483 g/mol. The molecule has 0 saturated carbocycles. The molecule has 2 N–H and O–H groups in total. The van der Waals surface area contributed by atoms with Gasteiger partial charge in [0.05, 0.1) is 26.9 Å². The molecule has 0 spiro atoms. The Kier molecular flexibility index (Phi) is 7.12. The minimum absolute atomic E-state index is 0.0136. The number of halogens is 1. The van der Waals surface area contributed by atoms with Gasteiger partial charge >= 0.3 is 0 Å². The molecule has 10 heteroatoms. The molecule has 2 aromatic rings. The maximum atomic E-state index is 13.0. The highest BCUT2D eigenvalue weighted by atomic mass is 79.9. The van der Waals surface area contributed by atoms with E-state index < -0.39 is 10.0 Å². The summed E-state index contributed by atoms with van der Waals surface area (Å²) in [6, 6.07) is 12.0. The molecule has 0 aromatic heterocycles. The van der Waals surface area contributed by atoms with Gasteiger partial charge in [-0.3, -0.25) is 4.79 Å². The molecular weight excluding hydrogens is 462 g/mol. The molecule has 0 unspecified atom stereocenters.